The molecule has 0 radical (unpaired) electrons. The lowest BCUT2D eigenvalue weighted by Crippen LogP contribution is -2.39. The summed E-state index contributed by atoms with van der Waals surface area (Å²) in [7, 11) is -0.996. The molecule has 0 aliphatic carbocycles. The molecule has 4 N–H and O–H groups in total. The second-order valence-corrected chi connectivity index (χ2v) is 8.69. The monoisotopic (exact) mass is 438 g/mol. The van der Waals surface area contributed by atoms with Gasteiger partial charge in [0.15, 0.2) is 0 Å². The third kappa shape index (κ3) is 6.49. The number of aliphatic hydroxyl groups excluding tert-OH is 1. The summed E-state index contributed by atoms with van der Waals surface area (Å²) in [5.41, 5.74) is 6.51. The molecule has 0 fully saturated rings. The minimum atomic E-state index is -0.996. The number of amides is 1. The van der Waals surface area contributed by atoms with Gasteiger partial charge in [-0.15, -0.1) is 0 Å². The van der Waals surface area contributed by atoms with Crippen LogP contribution in [0.3, 0.4) is 0 Å². The van der Waals surface area contributed by atoms with E-state index in [2.05, 4.69) is 10.8 Å². The Labute approximate surface area is 184 Å². The van der Waals surface area contributed by atoms with Crippen molar-refractivity contribution in [1.29, 1.82) is 0 Å². The van der Waals surface area contributed by atoms with Crippen LogP contribution in [0.4, 0.5) is 5.69 Å². The van der Waals surface area contributed by atoms with Crippen LogP contribution in [-0.4, -0.2) is 39.3 Å². The second kappa shape index (κ2) is 10.9. The van der Waals surface area contributed by atoms with E-state index < -0.39 is 10.8 Å². The van der Waals surface area contributed by atoms with Crippen LogP contribution in [0.2, 0.25) is 0 Å². The maximum Gasteiger partial charge on any atom is 0.224 e. The molecule has 3 aromatic carbocycles. The summed E-state index contributed by atoms with van der Waals surface area (Å²) in [6, 6.07) is 22.1. The molecular formula is C24H26N2O4S. The third-order valence-corrected chi connectivity index (χ3v) is 5.92. The quantitative estimate of drug-likeness (QED) is 0.385. The molecule has 0 heterocycles. The van der Waals surface area contributed by atoms with E-state index in [1.165, 1.54) is 0 Å². The number of rotatable bonds is 9. The van der Waals surface area contributed by atoms with Gasteiger partial charge in [0.1, 0.15) is 0 Å². The summed E-state index contributed by atoms with van der Waals surface area (Å²) < 4.78 is 11.5. The van der Waals surface area contributed by atoms with Crippen LogP contribution in [-0.2, 0) is 28.4 Å². The van der Waals surface area contributed by atoms with Crippen LogP contribution in [0.1, 0.15) is 11.1 Å². The van der Waals surface area contributed by atoms with Crippen molar-refractivity contribution >= 4 is 22.4 Å². The molecule has 3 rings (SSSR count). The largest absolute Gasteiger partial charge is 0.394 e. The standard InChI is InChI=1S/C24H26N2O4S/c1-31(30)23-12-8-20(9-13-23)19-6-2-17(3-7-19)14-22(16-27)25-24(28)15-18-4-10-21(26-29)11-5-18/h2-13,22,26-27,29H,14-16H2,1H3,(H,25,28). The number of nitrogens with one attached hydrogen (secondary N) is 2. The molecular weight excluding hydrogens is 412 g/mol. The van der Waals surface area contributed by atoms with E-state index in [1.54, 1.807) is 30.5 Å². The number of benzene rings is 3. The van der Waals surface area contributed by atoms with E-state index in [0.717, 1.165) is 27.1 Å². The highest BCUT2D eigenvalue weighted by Gasteiger charge is 2.13. The van der Waals surface area contributed by atoms with Crippen LogP contribution in [0, 0.1) is 0 Å². The highest BCUT2D eigenvalue weighted by molar-refractivity contribution is 7.84. The minimum absolute atomic E-state index is 0.156. The van der Waals surface area contributed by atoms with Crippen LogP contribution < -0.4 is 10.8 Å². The van der Waals surface area contributed by atoms with Crippen molar-refractivity contribution in [2.24, 2.45) is 0 Å². The Bertz CT molecular complexity index is 1020. The summed E-state index contributed by atoms with van der Waals surface area (Å²) in [6.07, 6.45) is 2.37. The zero-order chi connectivity index (χ0) is 22.2. The van der Waals surface area contributed by atoms with Crippen molar-refractivity contribution < 1.29 is 19.3 Å². The molecule has 0 spiro atoms. The number of carbonyl (C=O) groups is 1. The van der Waals surface area contributed by atoms with Gasteiger partial charge in [-0.2, -0.15) is 0 Å². The Balaban J connectivity index is 1.58. The van der Waals surface area contributed by atoms with Crippen molar-refractivity contribution in [1.82, 2.24) is 5.32 Å². The van der Waals surface area contributed by atoms with Gasteiger partial charge in [-0.1, -0.05) is 48.5 Å². The predicted molar refractivity (Wildman–Crippen MR) is 122 cm³/mol. The molecule has 2 atom stereocenters. The number of aliphatic hydroxyl groups is 1. The van der Waals surface area contributed by atoms with Gasteiger partial charge < -0.3 is 10.4 Å². The summed E-state index contributed by atoms with van der Waals surface area (Å²) in [5, 5.41) is 21.4. The predicted octanol–water partition coefficient (Wildman–Crippen LogP) is 3.15. The van der Waals surface area contributed by atoms with E-state index in [9.17, 15) is 14.1 Å². The number of hydrogen-bond acceptors (Lipinski definition) is 5. The Kier molecular flexibility index (Phi) is 7.94. The lowest BCUT2D eigenvalue weighted by molar-refractivity contribution is -0.121. The van der Waals surface area contributed by atoms with Crippen LogP contribution in [0.5, 0.6) is 0 Å². The van der Waals surface area contributed by atoms with Crippen molar-refractivity contribution in [2.75, 3.05) is 18.3 Å². The van der Waals surface area contributed by atoms with E-state index in [-0.39, 0.29) is 25.0 Å². The lowest BCUT2D eigenvalue weighted by atomic mass is 10.0. The van der Waals surface area contributed by atoms with E-state index >= 15 is 0 Å². The zero-order valence-electron chi connectivity index (χ0n) is 17.2. The fraction of sp³-hybridized carbons (Fsp3) is 0.208. The summed E-state index contributed by atoms with van der Waals surface area (Å²) in [5.74, 6) is -0.172. The Morgan fingerprint density at radius 2 is 1.45 bits per heavy atom. The molecule has 162 valence electrons. The highest BCUT2D eigenvalue weighted by atomic mass is 32.2. The van der Waals surface area contributed by atoms with Crippen molar-refractivity contribution in [3.8, 4) is 11.1 Å². The van der Waals surface area contributed by atoms with Crippen molar-refractivity contribution in [3.63, 3.8) is 0 Å². The highest BCUT2D eigenvalue weighted by Crippen LogP contribution is 2.21. The van der Waals surface area contributed by atoms with Crippen molar-refractivity contribution in [3.05, 3.63) is 83.9 Å². The Morgan fingerprint density at radius 1 is 0.903 bits per heavy atom. The first-order chi connectivity index (χ1) is 15.0. The molecule has 7 heteroatoms. The lowest BCUT2D eigenvalue weighted by Gasteiger charge is -2.17. The first-order valence-electron chi connectivity index (χ1n) is 9.90. The molecule has 3 aromatic rings. The molecule has 0 bridgehead atoms. The van der Waals surface area contributed by atoms with Crippen LogP contribution in [0.25, 0.3) is 11.1 Å². The minimum Gasteiger partial charge on any atom is -0.394 e. The van der Waals surface area contributed by atoms with Gasteiger partial charge in [0, 0.05) is 22.0 Å². The average molecular weight is 439 g/mol. The molecule has 0 saturated heterocycles. The zero-order valence-corrected chi connectivity index (χ0v) is 18.1. The molecule has 0 aliphatic rings. The van der Waals surface area contributed by atoms with E-state index in [1.807, 2.05) is 48.5 Å². The van der Waals surface area contributed by atoms with Crippen molar-refractivity contribution in [2.45, 2.75) is 23.8 Å². The number of hydrogen-bond donors (Lipinski definition) is 4. The summed E-state index contributed by atoms with van der Waals surface area (Å²) in [6.45, 7) is -0.156. The normalized spacial score (nSPS) is 12.7. The van der Waals surface area contributed by atoms with E-state index in [0.29, 0.717) is 12.1 Å². The van der Waals surface area contributed by atoms with Gasteiger partial charge >= 0.3 is 0 Å². The second-order valence-electron chi connectivity index (χ2n) is 7.31. The van der Waals surface area contributed by atoms with E-state index in [4.69, 9.17) is 5.21 Å². The van der Waals surface area contributed by atoms with Crippen LogP contribution >= 0.6 is 0 Å². The van der Waals surface area contributed by atoms with Gasteiger partial charge in [0.25, 0.3) is 0 Å². The fourth-order valence-electron chi connectivity index (χ4n) is 3.28. The Morgan fingerprint density at radius 3 is 1.97 bits per heavy atom. The number of anilines is 1. The first-order valence-corrected chi connectivity index (χ1v) is 11.5. The SMILES string of the molecule is CS(=O)c1ccc(-c2ccc(CC(CO)NC(=O)Cc3ccc(NO)cc3)cc2)cc1. The van der Waals surface area contributed by atoms with Gasteiger partial charge in [0.05, 0.1) is 24.8 Å². The average Bonchev–Trinajstić information content (AvgIpc) is 2.79. The summed E-state index contributed by atoms with van der Waals surface area (Å²) >= 11 is 0. The number of carbonyl (C=O) groups excluding carboxylic acids is 1. The molecule has 0 aliphatic heterocycles. The Hall–Kier alpha value is -3.00. The first kappa shape index (κ1) is 22.7. The third-order valence-electron chi connectivity index (χ3n) is 4.99. The van der Waals surface area contributed by atoms with Gasteiger partial charge in [-0.05, 0) is 52.9 Å². The molecule has 31 heavy (non-hydrogen) atoms. The molecule has 1 amide bonds. The van der Waals surface area contributed by atoms with Gasteiger partial charge in [-0.3, -0.25) is 19.7 Å². The summed E-state index contributed by atoms with van der Waals surface area (Å²) in [4.78, 5) is 13.1. The maximum absolute atomic E-state index is 12.3. The smallest absolute Gasteiger partial charge is 0.224 e. The fourth-order valence-corrected chi connectivity index (χ4v) is 3.80. The maximum atomic E-state index is 12.3. The topological polar surface area (TPSA) is 98.7 Å². The molecule has 0 aromatic heterocycles. The van der Waals surface area contributed by atoms with Gasteiger partial charge in [-0.25, -0.2) is 0 Å². The molecule has 6 nitrogen and oxygen atoms in total. The molecule has 2 unspecified atom stereocenters. The van der Waals surface area contributed by atoms with Gasteiger partial charge in [0.2, 0.25) is 5.91 Å². The van der Waals surface area contributed by atoms with Crippen LogP contribution in [0.15, 0.2) is 77.7 Å². The molecule has 0 saturated carbocycles.